The van der Waals surface area contributed by atoms with Crippen LogP contribution in [0.4, 0.5) is 0 Å². The van der Waals surface area contributed by atoms with E-state index in [0.29, 0.717) is 30.4 Å². The first-order valence-electron chi connectivity index (χ1n) is 6.77. The molecule has 2 rings (SSSR count). The van der Waals surface area contributed by atoms with E-state index in [1.807, 2.05) is 4.90 Å². The van der Waals surface area contributed by atoms with Gasteiger partial charge < -0.3 is 10.6 Å². The predicted molar refractivity (Wildman–Crippen MR) is 83.4 cm³/mol. The van der Waals surface area contributed by atoms with Crippen molar-refractivity contribution in [1.82, 2.24) is 4.90 Å². The number of thiophene rings is 1. The Morgan fingerprint density at radius 2 is 2.26 bits per heavy atom. The Kier molecular flexibility index (Phi) is 5.34. The summed E-state index contributed by atoms with van der Waals surface area (Å²) in [6.07, 6.45) is 5.46. The number of rotatable bonds is 8. The van der Waals surface area contributed by atoms with Gasteiger partial charge in [-0.05, 0) is 37.1 Å². The van der Waals surface area contributed by atoms with E-state index in [1.54, 1.807) is 11.3 Å². The number of hydrogen-bond donors (Lipinski definition) is 1. The second-order valence-electron chi connectivity index (χ2n) is 4.97. The van der Waals surface area contributed by atoms with Crippen LogP contribution in [0.2, 0.25) is 0 Å². The Balaban J connectivity index is 1.74. The molecule has 0 saturated heterocycles. The van der Waals surface area contributed by atoms with E-state index in [1.165, 1.54) is 4.88 Å². The maximum absolute atomic E-state index is 12.2. The van der Waals surface area contributed by atoms with Gasteiger partial charge in [0.25, 0.3) is 0 Å². The summed E-state index contributed by atoms with van der Waals surface area (Å²) in [7, 11) is 0. The minimum Gasteiger partial charge on any atom is -0.393 e. The lowest BCUT2D eigenvalue weighted by atomic mass is 10.2. The van der Waals surface area contributed by atoms with E-state index in [2.05, 4.69) is 17.5 Å². The molecule has 19 heavy (non-hydrogen) atoms. The van der Waals surface area contributed by atoms with Gasteiger partial charge in [0.1, 0.15) is 0 Å². The van der Waals surface area contributed by atoms with Gasteiger partial charge in [0.05, 0.1) is 4.99 Å². The zero-order chi connectivity index (χ0) is 13.7. The second kappa shape index (κ2) is 7.01. The minimum atomic E-state index is 0.260. The van der Waals surface area contributed by atoms with Gasteiger partial charge in [0.2, 0.25) is 5.91 Å². The fourth-order valence-electron chi connectivity index (χ4n) is 2.14. The van der Waals surface area contributed by atoms with Crippen molar-refractivity contribution in [2.45, 2.75) is 44.6 Å². The molecule has 2 N–H and O–H groups in total. The van der Waals surface area contributed by atoms with Gasteiger partial charge in [-0.3, -0.25) is 4.79 Å². The molecule has 0 unspecified atom stereocenters. The summed E-state index contributed by atoms with van der Waals surface area (Å²) >= 11 is 6.65. The van der Waals surface area contributed by atoms with Crippen molar-refractivity contribution in [3.63, 3.8) is 0 Å². The third-order valence-corrected chi connectivity index (χ3v) is 4.44. The predicted octanol–water partition coefficient (Wildman–Crippen LogP) is 2.74. The number of carbonyl (C=O) groups is 1. The lowest BCUT2D eigenvalue weighted by Gasteiger charge is -2.22. The van der Waals surface area contributed by atoms with Gasteiger partial charge in [0, 0.05) is 30.3 Å². The average molecular weight is 296 g/mol. The topological polar surface area (TPSA) is 46.3 Å². The summed E-state index contributed by atoms with van der Waals surface area (Å²) < 4.78 is 0. The molecule has 1 aromatic rings. The van der Waals surface area contributed by atoms with Crippen molar-refractivity contribution < 1.29 is 4.79 Å². The number of nitrogens with zero attached hydrogens (tertiary/aromatic N) is 1. The van der Waals surface area contributed by atoms with Crippen LogP contribution in [0.25, 0.3) is 0 Å². The van der Waals surface area contributed by atoms with Gasteiger partial charge in [-0.15, -0.1) is 11.3 Å². The molecule has 0 aliphatic heterocycles. The molecule has 0 atom stereocenters. The fourth-order valence-corrected chi connectivity index (χ4v) is 2.98. The van der Waals surface area contributed by atoms with Crippen LogP contribution < -0.4 is 5.73 Å². The first-order valence-corrected chi connectivity index (χ1v) is 8.06. The Labute approximate surface area is 123 Å². The van der Waals surface area contributed by atoms with Crippen molar-refractivity contribution in [3.8, 4) is 0 Å². The van der Waals surface area contributed by atoms with E-state index in [0.717, 1.165) is 25.7 Å². The van der Waals surface area contributed by atoms with Crippen molar-refractivity contribution in [3.05, 3.63) is 22.4 Å². The average Bonchev–Trinajstić information content (AvgIpc) is 3.06. The summed E-state index contributed by atoms with van der Waals surface area (Å²) in [4.78, 5) is 16.0. The van der Waals surface area contributed by atoms with Crippen LogP contribution in [-0.4, -0.2) is 28.4 Å². The van der Waals surface area contributed by atoms with Gasteiger partial charge >= 0.3 is 0 Å². The highest BCUT2D eigenvalue weighted by Crippen LogP contribution is 2.28. The van der Waals surface area contributed by atoms with E-state index < -0.39 is 0 Å². The third kappa shape index (κ3) is 4.91. The number of aryl methyl sites for hydroxylation is 1. The molecule has 104 valence electrons. The number of hydrogen-bond acceptors (Lipinski definition) is 3. The van der Waals surface area contributed by atoms with Crippen molar-refractivity contribution >= 4 is 34.5 Å². The minimum absolute atomic E-state index is 0.260. The second-order valence-corrected chi connectivity index (χ2v) is 6.52. The van der Waals surface area contributed by atoms with Crippen LogP contribution in [0.1, 0.15) is 37.0 Å². The Hall–Kier alpha value is -0.940. The van der Waals surface area contributed by atoms with Crippen LogP contribution in [0.3, 0.4) is 0 Å². The molecule has 0 radical (unpaired) electrons. The molecule has 0 spiro atoms. The molecule has 1 fully saturated rings. The van der Waals surface area contributed by atoms with E-state index in [4.69, 9.17) is 18.0 Å². The SMILES string of the molecule is NC(=S)CCN(C(=O)CCCc1cccs1)C1CC1. The molecule has 1 saturated carbocycles. The number of carbonyl (C=O) groups excluding carboxylic acids is 1. The summed E-state index contributed by atoms with van der Waals surface area (Å²) in [6.45, 7) is 0.692. The quantitative estimate of drug-likeness (QED) is 0.750. The van der Waals surface area contributed by atoms with E-state index >= 15 is 0 Å². The normalized spacial score (nSPS) is 14.3. The van der Waals surface area contributed by atoms with Gasteiger partial charge in [-0.25, -0.2) is 0 Å². The number of thiocarbonyl (C=S) groups is 1. The van der Waals surface area contributed by atoms with E-state index in [-0.39, 0.29) is 5.91 Å². The maximum Gasteiger partial charge on any atom is 0.222 e. The summed E-state index contributed by atoms with van der Waals surface area (Å²) in [6, 6.07) is 4.63. The maximum atomic E-state index is 12.2. The first-order chi connectivity index (χ1) is 9.16. The van der Waals surface area contributed by atoms with Gasteiger partial charge in [-0.1, -0.05) is 18.3 Å². The molecule has 0 bridgehead atoms. The highest BCUT2D eigenvalue weighted by Gasteiger charge is 2.31. The third-order valence-electron chi connectivity index (χ3n) is 3.30. The molecule has 1 aliphatic rings. The molecule has 1 amide bonds. The van der Waals surface area contributed by atoms with Crippen LogP contribution in [0.15, 0.2) is 17.5 Å². The molecular weight excluding hydrogens is 276 g/mol. The Morgan fingerprint density at radius 3 is 2.84 bits per heavy atom. The van der Waals surface area contributed by atoms with Crippen LogP contribution in [-0.2, 0) is 11.2 Å². The summed E-state index contributed by atoms with van der Waals surface area (Å²) in [5.41, 5.74) is 5.52. The molecular formula is C14H20N2OS2. The number of amides is 1. The zero-order valence-corrected chi connectivity index (χ0v) is 12.6. The van der Waals surface area contributed by atoms with Crippen molar-refractivity contribution in [2.75, 3.05) is 6.54 Å². The standard InChI is InChI=1S/C14H20N2OS2/c15-13(18)8-9-16(11-6-7-11)14(17)5-1-3-12-4-2-10-19-12/h2,4,10-11H,1,3,5-9H2,(H2,15,18). The first kappa shape index (κ1) is 14.5. The fraction of sp³-hybridized carbons (Fsp3) is 0.571. The Bertz CT molecular complexity index is 427. The van der Waals surface area contributed by atoms with E-state index in [9.17, 15) is 4.79 Å². The molecule has 1 aromatic heterocycles. The van der Waals surface area contributed by atoms with Crippen LogP contribution >= 0.6 is 23.6 Å². The summed E-state index contributed by atoms with van der Waals surface area (Å²) in [5, 5.41) is 2.08. The number of nitrogens with two attached hydrogens (primary N) is 1. The lowest BCUT2D eigenvalue weighted by molar-refractivity contribution is -0.131. The smallest absolute Gasteiger partial charge is 0.222 e. The zero-order valence-electron chi connectivity index (χ0n) is 11.0. The highest BCUT2D eigenvalue weighted by molar-refractivity contribution is 7.80. The van der Waals surface area contributed by atoms with Crippen LogP contribution in [0.5, 0.6) is 0 Å². The molecule has 5 heteroatoms. The monoisotopic (exact) mass is 296 g/mol. The molecule has 1 aliphatic carbocycles. The molecule has 0 aromatic carbocycles. The molecule has 1 heterocycles. The van der Waals surface area contributed by atoms with Gasteiger partial charge in [0.15, 0.2) is 0 Å². The van der Waals surface area contributed by atoms with Gasteiger partial charge in [-0.2, -0.15) is 0 Å². The van der Waals surface area contributed by atoms with Crippen molar-refractivity contribution in [2.24, 2.45) is 5.73 Å². The largest absolute Gasteiger partial charge is 0.393 e. The summed E-state index contributed by atoms with van der Waals surface area (Å²) in [5.74, 6) is 0.260. The molecule has 3 nitrogen and oxygen atoms in total. The Morgan fingerprint density at radius 1 is 1.47 bits per heavy atom. The highest BCUT2D eigenvalue weighted by atomic mass is 32.1. The van der Waals surface area contributed by atoms with Crippen molar-refractivity contribution in [1.29, 1.82) is 0 Å². The van der Waals surface area contributed by atoms with Crippen LogP contribution in [0, 0.1) is 0 Å². The lowest BCUT2D eigenvalue weighted by Crippen LogP contribution is -2.35.